The molecule has 0 fully saturated rings. The molecule has 1 heterocycles. The highest BCUT2D eigenvalue weighted by atomic mass is 79.9. The molecule has 1 aromatic heterocycles. The Balaban J connectivity index is 2.07. The average Bonchev–Trinajstić information content (AvgIpc) is 2.95. The van der Waals surface area contributed by atoms with Crippen molar-refractivity contribution >= 4 is 33.6 Å². The van der Waals surface area contributed by atoms with Crippen LogP contribution in [0.15, 0.2) is 33.9 Å². The summed E-state index contributed by atoms with van der Waals surface area (Å²) in [7, 11) is 0. The number of rotatable bonds is 6. The molecule has 0 aliphatic rings. The quantitative estimate of drug-likeness (QED) is 0.731. The minimum absolute atomic E-state index is 0.0929. The Morgan fingerprint density at radius 2 is 1.95 bits per heavy atom. The first-order valence-corrected chi connectivity index (χ1v) is 8.38. The predicted molar refractivity (Wildman–Crippen MR) is 85.5 cm³/mol. The Morgan fingerprint density at radius 3 is 2.57 bits per heavy atom. The molecule has 0 aliphatic heterocycles. The Kier molecular flexibility index (Phi) is 5.75. The van der Waals surface area contributed by atoms with Crippen molar-refractivity contribution in [2.75, 3.05) is 18.8 Å². The lowest BCUT2D eigenvalue weighted by Gasteiger charge is -2.17. The van der Waals surface area contributed by atoms with Gasteiger partial charge in [-0.2, -0.15) is 4.68 Å². The maximum atomic E-state index is 12.0. The van der Waals surface area contributed by atoms with Crippen LogP contribution in [0.3, 0.4) is 0 Å². The van der Waals surface area contributed by atoms with Crippen LogP contribution in [0, 0.1) is 0 Å². The predicted octanol–water partition coefficient (Wildman–Crippen LogP) is 2.39. The summed E-state index contributed by atoms with van der Waals surface area (Å²) >= 11 is 4.74. The second-order valence-electron chi connectivity index (χ2n) is 4.20. The van der Waals surface area contributed by atoms with Crippen LogP contribution in [-0.4, -0.2) is 49.9 Å². The molecule has 0 N–H and O–H groups in total. The van der Waals surface area contributed by atoms with Crippen molar-refractivity contribution < 1.29 is 4.79 Å². The van der Waals surface area contributed by atoms with Crippen LogP contribution in [0.2, 0.25) is 0 Å². The van der Waals surface area contributed by atoms with Gasteiger partial charge < -0.3 is 4.90 Å². The lowest BCUT2D eigenvalue weighted by atomic mass is 10.3. The van der Waals surface area contributed by atoms with E-state index in [9.17, 15) is 4.79 Å². The van der Waals surface area contributed by atoms with Crippen molar-refractivity contribution in [3.05, 3.63) is 28.7 Å². The van der Waals surface area contributed by atoms with Gasteiger partial charge >= 0.3 is 0 Å². The minimum atomic E-state index is 0.0929. The first-order chi connectivity index (χ1) is 10.2. The van der Waals surface area contributed by atoms with E-state index in [1.54, 1.807) is 9.58 Å². The fourth-order valence-corrected chi connectivity index (χ4v) is 2.87. The molecule has 0 aliphatic carbocycles. The number of tetrazole rings is 1. The highest BCUT2D eigenvalue weighted by Crippen LogP contribution is 2.20. The number of hydrogen-bond donors (Lipinski definition) is 0. The highest BCUT2D eigenvalue weighted by Gasteiger charge is 2.14. The van der Waals surface area contributed by atoms with E-state index >= 15 is 0 Å². The van der Waals surface area contributed by atoms with E-state index in [0.29, 0.717) is 24.0 Å². The van der Waals surface area contributed by atoms with Gasteiger partial charge in [-0.3, -0.25) is 4.79 Å². The topological polar surface area (TPSA) is 63.9 Å². The number of hydrogen-bond acceptors (Lipinski definition) is 5. The summed E-state index contributed by atoms with van der Waals surface area (Å²) in [5, 5.41) is 12.3. The van der Waals surface area contributed by atoms with E-state index in [4.69, 9.17) is 0 Å². The number of nitrogens with zero attached hydrogens (tertiary/aromatic N) is 5. The second kappa shape index (κ2) is 7.56. The summed E-state index contributed by atoms with van der Waals surface area (Å²) < 4.78 is 2.62. The van der Waals surface area contributed by atoms with Gasteiger partial charge in [-0.05, 0) is 48.5 Å². The van der Waals surface area contributed by atoms with Crippen LogP contribution in [0.1, 0.15) is 13.8 Å². The molecule has 0 bridgehead atoms. The number of thioether (sulfide) groups is 1. The molecule has 0 unspecified atom stereocenters. The number of amides is 1. The number of benzene rings is 1. The highest BCUT2D eigenvalue weighted by molar-refractivity contribution is 9.10. The van der Waals surface area contributed by atoms with Gasteiger partial charge in [0.25, 0.3) is 0 Å². The first-order valence-electron chi connectivity index (χ1n) is 6.60. The van der Waals surface area contributed by atoms with Crippen LogP contribution >= 0.6 is 27.7 Å². The maximum Gasteiger partial charge on any atom is 0.233 e. The number of aromatic nitrogens is 4. The smallest absolute Gasteiger partial charge is 0.233 e. The van der Waals surface area contributed by atoms with Crippen molar-refractivity contribution in [3.8, 4) is 5.69 Å². The van der Waals surface area contributed by atoms with Crippen LogP contribution in [0.5, 0.6) is 0 Å². The second-order valence-corrected chi connectivity index (χ2v) is 6.06. The van der Waals surface area contributed by atoms with Crippen molar-refractivity contribution in [1.82, 2.24) is 25.1 Å². The van der Waals surface area contributed by atoms with Crippen molar-refractivity contribution in [1.29, 1.82) is 0 Å². The van der Waals surface area contributed by atoms with Gasteiger partial charge in [0.05, 0.1) is 11.4 Å². The van der Waals surface area contributed by atoms with E-state index in [1.807, 2.05) is 38.1 Å². The molecule has 0 radical (unpaired) electrons. The molecular formula is C13H16BrN5OS. The van der Waals surface area contributed by atoms with Crippen molar-refractivity contribution in [3.63, 3.8) is 0 Å². The van der Waals surface area contributed by atoms with Crippen LogP contribution in [0.25, 0.3) is 5.69 Å². The SMILES string of the molecule is CCN(CC)C(=O)CSc1nnnn1-c1ccc(Br)cc1. The number of carbonyl (C=O) groups excluding carboxylic acids is 1. The molecule has 1 aromatic carbocycles. The van der Waals surface area contributed by atoms with Crippen molar-refractivity contribution in [2.45, 2.75) is 19.0 Å². The number of halogens is 1. The summed E-state index contributed by atoms with van der Waals surface area (Å²) in [5.41, 5.74) is 0.862. The van der Waals surface area contributed by atoms with E-state index in [0.717, 1.165) is 10.2 Å². The van der Waals surface area contributed by atoms with Gasteiger partial charge in [0.15, 0.2) is 0 Å². The Labute approximate surface area is 136 Å². The molecule has 2 aromatic rings. The molecule has 0 spiro atoms. The lowest BCUT2D eigenvalue weighted by Crippen LogP contribution is -2.31. The van der Waals surface area contributed by atoms with E-state index in [1.165, 1.54) is 11.8 Å². The summed E-state index contributed by atoms with van der Waals surface area (Å²) in [6.07, 6.45) is 0. The monoisotopic (exact) mass is 369 g/mol. The summed E-state index contributed by atoms with van der Waals surface area (Å²) in [4.78, 5) is 13.8. The first kappa shape index (κ1) is 16.0. The molecule has 8 heteroatoms. The summed E-state index contributed by atoms with van der Waals surface area (Å²) in [6, 6.07) is 7.67. The Morgan fingerprint density at radius 1 is 1.29 bits per heavy atom. The van der Waals surface area contributed by atoms with Gasteiger partial charge in [0.1, 0.15) is 0 Å². The fraction of sp³-hybridized carbons (Fsp3) is 0.385. The lowest BCUT2D eigenvalue weighted by molar-refractivity contribution is -0.127. The van der Waals surface area contributed by atoms with E-state index in [2.05, 4.69) is 31.5 Å². The average molecular weight is 370 g/mol. The Hall–Kier alpha value is -1.41. The van der Waals surface area contributed by atoms with E-state index < -0.39 is 0 Å². The number of carbonyl (C=O) groups is 1. The zero-order chi connectivity index (χ0) is 15.2. The normalized spacial score (nSPS) is 10.6. The molecule has 0 atom stereocenters. The zero-order valence-electron chi connectivity index (χ0n) is 11.9. The molecule has 0 saturated heterocycles. The summed E-state index contributed by atoms with van der Waals surface area (Å²) in [6.45, 7) is 5.37. The van der Waals surface area contributed by atoms with Crippen LogP contribution in [-0.2, 0) is 4.79 Å². The van der Waals surface area contributed by atoms with E-state index in [-0.39, 0.29) is 5.91 Å². The van der Waals surface area contributed by atoms with Crippen LogP contribution < -0.4 is 0 Å². The van der Waals surface area contributed by atoms with Gasteiger partial charge in [-0.25, -0.2) is 0 Å². The standard InChI is InChI=1S/C13H16BrN5OS/c1-3-18(4-2)12(20)9-21-13-15-16-17-19(13)11-7-5-10(14)6-8-11/h5-8H,3-4,9H2,1-2H3. The summed E-state index contributed by atoms with van der Waals surface area (Å²) in [5.74, 6) is 0.425. The minimum Gasteiger partial charge on any atom is -0.343 e. The third-order valence-electron chi connectivity index (χ3n) is 2.95. The molecule has 2 rings (SSSR count). The molecule has 0 saturated carbocycles. The Bertz CT molecular complexity index is 597. The van der Waals surface area contributed by atoms with Gasteiger partial charge in [0, 0.05) is 17.6 Å². The molecule has 112 valence electrons. The van der Waals surface area contributed by atoms with Gasteiger partial charge in [-0.15, -0.1) is 5.10 Å². The fourth-order valence-electron chi connectivity index (χ4n) is 1.81. The molecule has 6 nitrogen and oxygen atoms in total. The van der Waals surface area contributed by atoms with Crippen molar-refractivity contribution in [2.24, 2.45) is 0 Å². The maximum absolute atomic E-state index is 12.0. The van der Waals surface area contributed by atoms with Gasteiger partial charge in [0.2, 0.25) is 11.1 Å². The third kappa shape index (κ3) is 4.04. The van der Waals surface area contributed by atoms with Gasteiger partial charge in [-0.1, -0.05) is 27.7 Å². The molecular weight excluding hydrogens is 354 g/mol. The molecule has 21 heavy (non-hydrogen) atoms. The molecule has 1 amide bonds. The third-order valence-corrected chi connectivity index (χ3v) is 4.39. The zero-order valence-corrected chi connectivity index (χ0v) is 14.3. The van der Waals surface area contributed by atoms with Crippen LogP contribution in [0.4, 0.5) is 0 Å². The largest absolute Gasteiger partial charge is 0.343 e.